The monoisotopic (exact) mass is 539 g/mol. The molecule has 0 fully saturated rings. The molecule has 5 rings (SSSR count). The minimum absolute atomic E-state index is 0.0536. The fourth-order valence-corrected chi connectivity index (χ4v) is 4.29. The van der Waals surface area contributed by atoms with Crippen LogP contribution in [0.15, 0.2) is 84.9 Å². The predicted molar refractivity (Wildman–Crippen MR) is 146 cm³/mol. The number of amides is 2. The largest absolute Gasteiger partial charge is 0.457 e. The lowest BCUT2D eigenvalue weighted by Gasteiger charge is -2.15. The Morgan fingerprint density at radius 3 is 2.18 bits per heavy atom. The van der Waals surface area contributed by atoms with E-state index >= 15 is 0 Å². The van der Waals surface area contributed by atoms with Gasteiger partial charge in [0.05, 0.1) is 22.4 Å². The Bertz CT molecular complexity index is 1630. The van der Waals surface area contributed by atoms with Gasteiger partial charge in [0.25, 0.3) is 11.8 Å². The average Bonchev–Trinajstić information content (AvgIpc) is 3.19. The average molecular weight is 540 g/mol. The summed E-state index contributed by atoms with van der Waals surface area (Å²) in [4.78, 5) is 52.2. The Morgan fingerprint density at radius 2 is 1.46 bits per heavy atom. The number of carbonyl (C=O) groups is 4. The summed E-state index contributed by atoms with van der Waals surface area (Å²) in [7, 11) is 0. The third-order valence-electron chi connectivity index (χ3n) is 6.50. The van der Waals surface area contributed by atoms with E-state index in [1.54, 1.807) is 36.4 Å². The van der Waals surface area contributed by atoms with Crippen LogP contribution in [0.3, 0.4) is 0 Å². The summed E-state index contributed by atoms with van der Waals surface area (Å²) in [5, 5.41) is 0.483. The van der Waals surface area contributed by atoms with Crippen molar-refractivity contribution in [2.24, 2.45) is 0 Å². The summed E-state index contributed by atoms with van der Waals surface area (Å²) < 4.78 is 11.1. The molecule has 4 aromatic rings. The number of hydrogen-bond acceptors (Lipinski definition) is 6. The van der Waals surface area contributed by atoms with E-state index in [-0.39, 0.29) is 16.7 Å². The number of ketones is 1. The highest BCUT2D eigenvalue weighted by molar-refractivity contribution is 6.34. The van der Waals surface area contributed by atoms with Crippen LogP contribution >= 0.6 is 11.6 Å². The molecule has 0 unspecified atom stereocenters. The number of Topliss-reactive ketones (excluding diaryl/α,β-unsaturated/α-hetero) is 1. The molecule has 2 amide bonds. The fourth-order valence-electron chi connectivity index (χ4n) is 4.16. The maximum Gasteiger partial charge on any atom is 0.338 e. The zero-order valence-corrected chi connectivity index (χ0v) is 21.8. The van der Waals surface area contributed by atoms with E-state index in [1.807, 2.05) is 32.0 Å². The molecule has 0 N–H and O–H groups in total. The number of benzene rings is 4. The number of rotatable bonds is 7. The molecule has 1 aliphatic heterocycles. The molecule has 0 aromatic heterocycles. The topological polar surface area (TPSA) is 90.0 Å². The number of fused-ring (bicyclic) bond motifs is 1. The summed E-state index contributed by atoms with van der Waals surface area (Å²) in [6, 6.07) is 22.7. The van der Waals surface area contributed by atoms with Crippen molar-refractivity contribution in [3.8, 4) is 11.5 Å². The number of imide groups is 1. The van der Waals surface area contributed by atoms with Crippen molar-refractivity contribution < 1.29 is 28.7 Å². The molecule has 0 spiro atoms. The smallest absolute Gasteiger partial charge is 0.338 e. The third kappa shape index (κ3) is 5.17. The number of nitrogens with zero attached hydrogens (tertiary/aromatic N) is 1. The lowest BCUT2D eigenvalue weighted by molar-refractivity contribution is 0.0474. The van der Waals surface area contributed by atoms with Crippen molar-refractivity contribution >= 4 is 40.9 Å². The van der Waals surface area contributed by atoms with Gasteiger partial charge in [-0.3, -0.25) is 14.4 Å². The number of ether oxygens (including phenoxy) is 2. The van der Waals surface area contributed by atoms with Crippen molar-refractivity contribution in [3.63, 3.8) is 0 Å². The number of anilines is 1. The van der Waals surface area contributed by atoms with Gasteiger partial charge in [-0.25, -0.2) is 9.69 Å². The van der Waals surface area contributed by atoms with Crippen LogP contribution in [0.4, 0.5) is 5.69 Å². The van der Waals surface area contributed by atoms with Gasteiger partial charge in [-0.15, -0.1) is 0 Å². The van der Waals surface area contributed by atoms with Crippen molar-refractivity contribution in [1.82, 2.24) is 0 Å². The highest BCUT2D eigenvalue weighted by atomic mass is 35.5. The summed E-state index contributed by atoms with van der Waals surface area (Å²) in [6.07, 6.45) is 0. The summed E-state index contributed by atoms with van der Waals surface area (Å²) in [5.41, 5.74) is 3.14. The van der Waals surface area contributed by atoms with E-state index < -0.39 is 30.2 Å². The van der Waals surface area contributed by atoms with E-state index in [0.29, 0.717) is 22.0 Å². The number of carbonyl (C=O) groups excluding carboxylic acids is 4. The molecule has 0 aliphatic carbocycles. The zero-order valence-electron chi connectivity index (χ0n) is 21.1. The Balaban J connectivity index is 1.28. The van der Waals surface area contributed by atoms with Crippen LogP contribution < -0.4 is 9.64 Å². The SMILES string of the molecule is Cc1cccc(Oc2ccc(N3C(=O)c4ccc(C(=O)OCC(=O)c5ccc(Cl)cc5)cc4C3=O)cc2)c1C. The van der Waals surface area contributed by atoms with Gasteiger partial charge in [-0.1, -0.05) is 23.7 Å². The Hall–Kier alpha value is -4.75. The van der Waals surface area contributed by atoms with Gasteiger partial charge >= 0.3 is 5.97 Å². The Kier molecular flexibility index (Phi) is 7.00. The molecule has 0 radical (unpaired) electrons. The quantitative estimate of drug-likeness (QED) is 0.149. The summed E-state index contributed by atoms with van der Waals surface area (Å²) in [5.74, 6) is -0.975. The van der Waals surface area contributed by atoms with Gasteiger partial charge in [0.1, 0.15) is 11.5 Å². The van der Waals surface area contributed by atoms with Crippen LogP contribution in [0.1, 0.15) is 52.6 Å². The first kappa shape index (κ1) is 25.9. The van der Waals surface area contributed by atoms with E-state index in [4.69, 9.17) is 21.1 Å². The van der Waals surface area contributed by atoms with Gasteiger partial charge in [-0.05, 0) is 97.8 Å². The maximum atomic E-state index is 13.2. The summed E-state index contributed by atoms with van der Waals surface area (Å²) >= 11 is 5.83. The first-order valence-corrected chi connectivity index (χ1v) is 12.4. The molecule has 0 saturated carbocycles. The molecule has 1 heterocycles. The molecule has 39 heavy (non-hydrogen) atoms. The lowest BCUT2D eigenvalue weighted by atomic mass is 10.1. The van der Waals surface area contributed by atoms with Crippen LogP contribution in [0.2, 0.25) is 5.02 Å². The second-order valence-electron chi connectivity index (χ2n) is 9.01. The number of hydrogen-bond donors (Lipinski definition) is 0. The minimum atomic E-state index is -0.785. The summed E-state index contributed by atoms with van der Waals surface area (Å²) in [6.45, 7) is 3.49. The Morgan fingerprint density at radius 1 is 0.795 bits per heavy atom. The molecular formula is C31H22ClNO6. The number of halogens is 1. The Labute approximate surface area is 229 Å². The first-order chi connectivity index (χ1) is 18.7. The maximum absolute atomic E-state index is 13.2. The first-order valence-electron chi connectivity index (χ1n) is 12.1. The van der Waals surface area contributed by atoms with E-state index in [2.05, 4.69) is 0 Å². The van der Waals surface area contributed by atoms with Gasteiger partial charge in [-0.2, -0.15) is 0 Å². The predicted octanol–water partition coefficient (Wildman–Crippen LogP) is 6.59. The van der Waals surface area contributed by atoms with E-state index in [9.17, 15) is 19.2 Å². The third-order valence-corrected chi connectivity index (χ3v) is 6.75. The van der Waals surface area contributed by atoms with Crippen molar-refractivity contribution in [2.45, 2.75) is 13.8 Å². The van der Waals surface area contributed by atoms with Crippen LogP contribution in [0.25, 0.3) is 0 Å². The second kappa shape index (κ2) is 10.6. The molecule has 194 valence electrons. The second-order valence-corrected chi connectivity index (χ2v) is 9.44. The van der Waals surface area contributed by atoms with E-state index in [1.165, 1.54) is 30.3 Å². The van der Waals surface area contributed by atoms with Crippen molar-refractivity contribution in [2.75, 3.05) is 11.5 Å². The molecule has 0 bridgehead atoms. The number of aryl methyl sites for hydroxylation is 1. The molecule has 8 heteroatoms. The number of esters is 1. The van der Waals surface area contributed by atoms with Gasteiger partial charge in [0, 0.05) is 10.6 Å². The molecular weight excluding hydrogens is 518 g/mol. The van der Waals surface area contributed by atoms with Crippen LogP contribution in [0, 0.1) is 13.8 Å². The highest BCUT2D eigenvalue weighted by Gasteiger charge is 2.37. The lowest BCUT2D eigenvalue weighted by Crippen LogP contribution is -2.29. The van der Waals surface area contributed by atoms with Gasteiger partial charge in [0.2, 0.25) is 0 Å². The van der Waals surface area contributed by atoms with Crippen LogP contribution in [-0.2, 0) is 4.74 Å². The molecule has 7 nitrogen and oxygen atoms in total. The van der Waals surface area contributed by atoms with Crippen molar-refractivity contribution in [1.29, 1.82) is 0 Å². The molecule has 0 saturated heterocycles. The minimum Gasteiger partial charge on any atom is -0.457 e. The standard InChI is InChI=1S/C31H22ClNO6/c1-18-4-3-5-28(19(18)2)39-24-13-11-23(12-14-24)33-29(35)25-15-8-21(16-26(25)30(33)36)31(37)38-17-27(34)20-6-9-22(32)10-7-20/h3-16H,17H2,1-2H3. The molecule has 0 atom stereocenters. The van der Waals surface area contributed by atoms with Crippen LogP contribution in [-0.4, -0.2) is 30.2 Å². The van der Waals surface area contributed by atoms with Crippen LogP contribution in [0.5, 0.6) is 11.5 Å². The molecule has 1 aliphatic rings. The highest BCUT2D eigenvalue weighted by Crippen LogP contribution is 2.32. The van der Waals surface area contributed by atoms with Crippen molar-refractivity contribution in [3.05, 3.63) is 123 Å². The van der Waals surface area contributed by atoms with Gasteiger partial charge < -0.3 is 9.47 Å². The fraction of sp³-hybridized carbons (Fsp3) is 0.0968. The molecule has 4 aromatic carbocycles. The zero-order chi connectivity index (χ0) is 27.7. The normalized spacial score (nSPS) is 12.3. The van der Waals surface area contributed by atoms with Gasteiger partial charge in [0.15, 0.2) is 12.4 Å². The van der Waals surface area contributed by atoms with E-state index in [0.717, 1.165) is 21.8 Å².